The molecule has 1 heterocycles. The van der Waals surface area contributed by atoms with E-state index in [0.29, 0.717) is 29.3 Å². The Morgan fingerprint density at radius 1 is 1.56 bits per heavy atom. The number of aromatic nitrogens is 2. The van der Waals surface area contributed by atoms with Crippen molar-refractivity contribution in [3.8, 4) is 0 Å². The van der Waals surface area contributed by atoms with Crippen LogP contribution in [0.25, 0.3) is 0 Å². The molecule has 0 saturated heterocycles. The molecule has 0 aromatic carbocycles. The van der Waals surface area contributed by atoms with Crippen molar-refractivity contribution in [3.63, 3.8) is 0 Å². The van der Waals surface area contributed by atoms with Crippen LogP contribution in [0.2, 0.25) is 5.02 Å². The van der Waals surface area contributed by atoms with Crippen LogP contribution in [0, 0.1) is 0 Å². The molecular formula is C10H15ClN4O. The van der Waals surface area contributed by atoms with Crippen LogP contribution in [0.4, 0.5) is 11.6 Å². The summed E-state index contributed by atoms with van der Waals surface area (Å²) in [6, 6.07) is 0.516. The van der Waals surface area contributed by atoms with Gasteiger partial charge in [0.1, 0.15) is 17.2 Å². The Balaban J connectivity index is 2.20. The van der Waals surface area contributed by atoms with Gasteiger partial charge in [0.25, 0.3) is 0 Å². The molecule has 1 saturated carbocycles. The molecule has 0 spiro atoms. The van der Waals surface area contributed by atoms with E-state index in [1.54, 1.807) is 7.11 Å². The molecule has 5 nitrogen and oxygen atoms in total. The highest BCUT2D eigenvalue weighted by atomic mass is 35.5. The lowest BCUT2D eigenvalue weighted by Gasteiger charge is -2.24. The average Bonchev–Trinajstić information content (AvgIpc) is 3.08. The zero-order valence-corrected chi connectivity index (χ0v) is 9.94. The lowest BCUT2D eigenvalue weighted by Crippen LogP contribution is -2.30. The molecule has 2 N–H and O–H groups in total. The maximum Gasteiger partial charge on any atom is 0.153 e. The van der Waals surface area contributed by atoms with Gasteiger partial charge in [0.2, 0.25) is 0 Å². The van der Waals surface area contributed by atoms with Crippen LogP contribution in [0.5, 0.6) is 0 Å². The minimum absolute atomic E-state index is 0.328. The molecule has 0 radical (unpaired) electrons. The first-order valence-corrected chi connectivity index (χ1v) is 5.63. The normalized spacial score (nSPS) is 15.1. The molecule has 2 rings (SSSR count). The molecule has 1 fully saturated rings. The van der Waals surface area contributed by atoms with Crippen LogP contribution in [0.15, 0.2) is 6.33 Å². The zero-order valence-electron chi connectivity index (χ0n) is 9.19. The predicted molar refractivity (Wildman–Crippen MR) is 63.7 cm³/mol. The highest BCUT2D eigenvalue weighted by molar-refractivity contribution is 6.35. The molecule has 0 atom stereocenters. The van der Waals surface area contributed by atoms with E-state index in [0.717, 1.165) is 6.54 Å². The summed E-state index contributed by atoms with van der Waals surface area (Å²) in [4.78, 5) is 10.2. The standard InChI is InChI=1S/C10H15ClN4O/c1-16-5-4-15(7-2-3-7)10-8(11)9(12)13-6-14-10/h6-7H,2-5H2,1H3,(H2,12,13,14). The second-order valence-electron chi connectivity index (χ2n) is 3.81. The Labute approximate surface area is 99.6 Å². The summed E-state index contributed by atoms with van der Waals surface area (Å²) in [5.41, 5.74) is 5.67. The molecule has 6 heteroatoms. The number of halogens is 1. The van der Waals surface area contributed by atoms with Gasteiger partial charge in [0.15, 0.2) is 5.82 Å². The number of hydrogen-bond acceptors (Lipinski definition) is 5. The Morgan fingerprint density at radius 3 is 2.94 bits per heavy atom. The Kier molecular flexibility index (Phi) is 3.46. The number of nitrogens with zero attached hydrogens (tertiary/aromatic N) is 3. The molecule has 0 bridgehead atoms. The summed E-state index contributed by atoms with van der Waals surface area (Å²) in [6.45, 7) is 1.42. The van der Waals surface area contributed by atoms with Gasteiger partial charge in [-0.15, -0.1) is 0 Å². The molecule has 0 aliphatic heterocycles. The molecule has 1 aromatic rings. The molecule has 1 aliphatic rings. The zero-order chi connectivity index (χ0) is 11.5. The third kappa shape index (κ3) is 2.36. The number of hydrogen-bond donors (Lipinski definition) is 1. The van der Waals surface area contributed by atoms with Crippen LogP contribution < -0.4 is 10.6 Å². The monoisotopic (exact) mass is 242 g/mol. The van der Waals surface area contributed by atoms with Crippen molar-refractivity contribution in [2.45, 2.75) is 18.9 Å². The summed E-state index contributed by atoms with van der Waals surface area (Å²) in [7, 11) is 1.68. The van der Waals surface area contributed by atoms with Gasteiger partial charge >= 0.3 is 0 Å². The summed E-state index contributed by atoms with van der Waals surface area (Å²) in [5, 5.41) is 0.436. The van der Waals surface area contributed by atoms with Gasteiger partial charge < -0.3 is 15.4 Å². The minimum atomic E-state index is 0.328. The lowest BCUT2D eigenvalue weighted by molar-refractivity contribution is 0.204. The van der Waals surface area contributed by atoms with E-state index in [1.165, 1.54) is 19.2 Å². The van der Waals surface area contributed by atoms with Gasteiger partial charge in [-0.25, -0.2) is 9.97 Å². The Bertz CT molecular complexity index is 370. The van der Waals surface area contributed by atoms with Gasteiger partial charge in [-0.3, -0.25) is 0 Å². The molecule has 1 aliphatic carbocycles. The summed E-state index contributed by atoms with van der Waals surface area (Å²) >= 11 is 6.11. The fourth-order valence-corrected chi connectivity index (χ4v) is 1.82. The highest BCUT2D eigenvalue weighted by Gasteiger charge is 2.31. The van der Waals surface area contributed by atoms with Crippen molar-refractivity contribution in [1.29, 1.82) is 0 Å². The Hall–Kier alpha value is -1.07. The van der Waals surface area contributed by atoms with Crippen molar-refractivity contribution in [2.24, 2.45) is 0 Å². The highest BCUT2D eigenvalue weighted by Crippen LogP contribution is 2.35. The van der Waals surface area contributed by atoms with E-state index in [-0.39, 0.29) is 0 Å². The van der Waals surface area contributed by atoms with E-state index in [4.69, 9.17) is 22.1 Å². The summed E-state index contributed by atoms with van der Waals surface area (Å²) < 4.78 is 5.08. The van der Waals surface area contributed by atoms with Gasteiger partial charge in [-0.1, -0.05) is 11.6 Å². The van der Waals surface area contributed by atoms with Crippen LogP contribution in [0.3, 0.4) is 0 Å². The third-order valence-electron chi connectivity index (χ3n) is 2.59. The fraction of sp³-hybridized carbons (Fsp3) is 0.600. The molecular weight excluding hydrogens is 228 g/mol. The maximum absolute atomic E-state index is 6.11. The second kappa shape index (κ2) is 4.84. The van der Waals surface area contributed by atoms with E-state index in [9.17, 15) is 0 Å². The predicted octanol–water partition coefficient (Wildman–Crippen LogP) is 1.33. The van der Waals surface area contributed by atoms with Gasteiger partial charge in [0.05, 0.1) is 6.61 Å². The molecule has 0 unspecified atom stereocenters. The maximum atomic E-state index is 6.11. The smallest absolute Gasteiger partial charge is 0.153 e. The second-order valence-corrected chi connectivity index (χ2v) is 4.19. The molecule has 0 amide bonds. The number of anilines is 2. The topological polar surface area (TPSA) is 64.3 Å². The van der Waals surface area contributed by atoms with Crippen LogP contribution >= 0.6 is 11.6 Å². The van der Waals surface area contributed by atoms with Crippen LogP contribution in [0.1, 0.15) is 12.8 Å². The summed E-state index contributed by atoms with van der Waals surface area (Å²) in [6.07, 6.45) is 3.78. The van der Waals surface area contributed by atoms with E-state index >= 15 is 0 Å². The first-order valence-electron chi connectivity index (χ1n) is 5.25. The number of nitrogen functional groups attached to an aromatic ring is 1. The largest absolute Gasteiger partial charge is 0.383 e. The third-order valence-corrected chi connectivity index (χ3v) is 2.96. The Morgan fingerprint density at radius 2 is 2.31 bits per heavy atom. The van der Waals surface area contributed by atoms with Crippen molar-refractivity contribution >= 4 is 23.2 Å². The minimum Gasteiger partial charge on any atom is -0.383 e. The number of rotatable bonds is 5. The van der Waals surface area contributed by atoms with Crippen molar-refractivity contribution in [3.05, 3.63) is 11.3 Å². The van der Waals surface area contributed by atoms with Crippen molar-refractivity contribution in [2.75, 3.05) is 30.9 Å². The van der Waals surface area contributed by atoms with Crippen LogP contribution in [-0.2, 0) is 4.74 Å². The quantitative estimate of drug-likeness (QED) is 0.844. The number of ether oxygens (including phenoxy) is 1. The first-order chi connectivity index (χ1) is 7.74. The van der Waals surface area contributed by atoms with Gasteiger partial charge in [-0.05, 0) is 12.8 Å². The number of methoxy groups -OCH3 is 1. The summed E-state index contributed by atoms with van der Waals surface area (Å²) in [5.74, 6) is 1.04. The molecule has 1 aromatic heterocycles. The average molecular weight is 243 g/mol. The van der Waals surface area contributed by atoms with E-state index in [1.807, 2.05) is 0 Å². The molecule has 16 heavy (non-hydrogen) atoms. The lowest BCUT2D eigenvalue weighted by atomic mass is 10.4. The van der Waals surface area contributed by atoms with Crippen LogP contribution in [-0.4, -0.2) is 36.3 Å². The van der Waals surface area contributed by atoms with Gasteiger partial charge in [-0.2, -0.15) is 0 Å². The fourth-order valence-electron chi connectivity index (χ4n) is 1.61. The van der Waals surface area contributed by atoms with Crippen molar-refractivity contribution < 1.29 is 4.74 Å². The van der Waals surface area contributed by atoms with E-state index in [2.05, 4.69) is 14.9 Å². The molecule has 88 valence electrons. The first kappa shape index (κ1) is 11.4. The van der Waals surface area contributed by atoms with Gasteiger partial charge in [0, 0.05) is 19.7 Å². The number of nitrogens with two attached hydrogens (primary N) is 1. The SMILES string of the molecule is COCCN(c1ncnc(N)c1Cl)C1CC1. The van der Waals surface area contributed by atoms with E-state index < -0.39 is 0 Å². The van der Waals surface area contributed by atoms with Crippen molar-refractivity contribution in [1.82, 2.24) is 9.97 Å².